The van der Waals surface area contributed by atoms with Gasteiger partial charge in [0.25, 0.3) is 0 Å². The molecule has 5 heteroatoms. The van der Waals surface area contributed by atoms with Crippen molar-refractivity contribution in [3.8, 4) is 11.6 Å². The summed E-state index contributed by atoms with van der Waals surface area (Å²) in [5, 5.41) is 7.81. The van der Waals surface area contributed by atoms with Gasteiger partial charge in [0.15, 0.2) is 5.75 Å². The van der Waals surface area contributed by atoms with Gasteiger partial charge < -0.3 is 10.5 Å². The second-order valence-corrected chi connectivity index (χ2v) is 3.89. The van der Waals surface area contributed by atoms with E-state index in [1.165, 1.54) is 0 Å². The van der Waals surface area contributed by atoms with E-state index < -0.39 is 0 Å². The summed E-state index contributed by atoms with van der Waals surface area (Å²) >= 11 is 0. The Morgan fingerprint density at radius 1 is 1.41 bits per heavy atom. The molecule has 5 nitrogen and oxygen atoms in total. The molecule has 0 amide bonds. The third kappa shape index (κ3) is 2.38. The molecule has 1 heterocycles. The summed E-state index contributed by atoms with van der Waals surface area (Å²) in [6.07, 6.45) is 2.57. The normalized spacial score (nSPS) is 10.5. The first-order chi connectivity index (χ1) is 8.22. The van der Waals surface area contributed by atoms with Gasteiger partial charge in [-0.15, -0.1) is 5.10 Å². The first kappa shape index (κ1) is 11.4. The molecule has 2 rings (SSSR count). The largest absolute Gasteiger partial charge is 0.435 e. The molecular weight excluding hydrogens is 216 g/mol. The van der Waals surface area contributed by atoms with Gasteiger partial charge in [-0.3, -0.25) is 0 Å². The maximum Gasteiger partial charge on any atom is 0.238 e. The molecule has 0 bridgehead atoms. The molecule has 17 heavy (non-hydrogen) atoms. The third-order valence-electron chi connectivity index (χ3n) is 2.47. The first-order valence-electron chi connectivity index (χ1n) is 5.63. The zero-order valence-electron chi connectivity index (χ0n) is 10.1. The SMILES string of the molecule is CCCn1nncc1Oc1c(C)cccc1N. The quantitative estimate of drug-likeness (QED) is 0.822. The van der Waals surface area contributed by atoms with Gasteiger partial charge in [-0.1, -0.05) is 24.3 Å². The Kier molecular flexibility index (Phi) is 3.27. The Morgan fingerprint density at radius 3 is 2.94 bits per heavy atom. The molecule has 0 aliphatic rings. The number of rotatable bonds is 4. The van der Waals surface area contributed by atoms with Crippen LogP contribution >= 0.6 is 0 Å². The summed E-state index contributed by atoms with van der Waals surface area (Å²) in [5.41, 5.74) is 7.50. The van der Waals surface area contributed by atoms with E-state index >= 15 is 0 Å². The molecule has 0 radical (unpaired) electrons. The summed E-state index contributed by atoms with van der Waals surface area (Å²) in [6, 6.07) is 5.68. The van der Waals surface area contributed by atoms with Crippen LogP contribution in [0.25, 0.3) is 0 Å². The van der Waals surface area contributed by atoms with E-state index in [2.05, 4.69) is 17.2 Å². The molecule has 0 fully saturated rings. The summed E-state index contributed by atoms with van der Waals surface area (Å²) in [5.74, 6) is 1.29. The van der Waals surface area contributed by atoms with Crippen molar-refractivity contribution >= 4 is 5.69 Å². The van der Waals surface area contributed by atoms with Gasteiger partial charge >= 0.3 is 0 Å². The number of nitrogens with two attached hydrogens (primary N) is 1. The molecule has 0 aliphatic heterocycles. The number of hydrogen-bond donors (Lipinski definition) is 1. The van der Waals surface area contributed by atoms with E-state index in [0.717, 1.165) is 18.5 Å². The van der Waals surface area contributed by atoms with Crippen molar-refractivity contribution in [2.45, 2.75) is 26.8 Å². The molecule has 2 N–H and O–H groups in total. The van der Waals surface area contributed by atoms with Crippen molar-refractivity contribution in [2.24, 2.45) is 0 Å². The second-order valence-electron chi connectivity index (χ2n) is 3.89. The molecule has 1 aromatic heterocycles. The molecule has 0 unspecified atom stereocenters. The molecule has 90 valence electrons. The van der Waals surface area contributed by atoms with E-state index in [1.807, 2.05) is 25.1 Å². The van der Waals surface area contributed by atoms with Crippen LogP contribution < -0.4 is 10.5 Å². The van der Waals surface area contributed by atoms with Crippen LogP contribution in [0.3, 0.4) is 0 Å². The number of aromatic nitrogens is 3. The van der Waals surface area contributed by atoms with Gasteiger partial charge in [0, 0.05) is 6.54 Å². The molecule has 1 aromatic carbocycles. The van der Waals surface area contributed by atoms with E-state index in [1.54, 1.807) is 10.9 Å². The Bertz CT molecular complexity index is 487. The maximum absolute atomic E-state index is 5.89. The monoisotopic (exact) mass is 232 g/mol. The number of para-hydroxylation sites is 1. The lowest BCUT2D eigenvalue weighted by Crippen LogP contribution is -2.03. The van der Waals surface area contributed by atoms with E-state index in [-0.39, 0.29) is 0 Å². The van der Waals surface area contributed by atoms with Crippen LogP contribution in [0.4, 0.5) is 5.69 Å². The predicted molar refractivity (Wildman–Crippen MR) is 66.0 cm³/mol. The van der Waals surface area contributed by atoms with Gasteiger partial charge in [0.2, 0.25) is 5.88 Å². The number of aryl methyl sites for hydroxylation is 2. The Labute approximate surface area is 100 Å². The first-order valence-corrected chi connectivity index (χ1v) is 5.63. The van der Waals surface area contributed by atoms with Crippen LogP contribution in [0, 0.1) is 6.92 Å². The molecule has 0 saturated heterocycles. The molecule has 0 atom stereocenters. The van der Waals surface area contributed by atoms with Crippen LogP contribution in [-0.2, 0) is 6.54 Å². The van der Waals surface area contributed by atoms with Gasteiger partial charge in [0.1, 0.15) is 6.20 Å². The highest BCUT2D eigenvalue weighted by Crippen LogP contribution is 2.30. The average molecular weight is 232 g/mol. The summed E-state index contributed by atoms with van der Waals surface area (Å²) in [6.45, 7) is 4.81. The average Bonchev–Trinajstić information content (AvgIpc) is 2.72. The van der Waals surface area contributed by atoms with Crippen molar-refractivity contribution in [3.63, 3.8) is 0 Å². The highest BCUT2D eigenvalue weighted by molar-refractivity contribution is 5.57. The topological polar surface area (TPSA) is 66.0 Å². The fourth-order valence-electron chi connectivity index (χ4n) is 1.61. The highest BCUT2D eigenvalue weighted by atomic mass is 16.5. The van der Waals surface area contributed by atoms with Gasteiger partial charge in [0.05, 0.1) is 5.69 Å². The fraction of sp³-hybridized carbons (Fsp3) is 0.333. The number of hydrogen-bond acceptors (Lipinski definition) is 4. The molecular formula is C12H16N4O. The molecule has 0 aliphatic carbocycles. The number of nitrogen functional groups attached to an aromatic ring is 1. The minimum atomic E-state index is 0.618. The predicted octanol–water partition coefficient (Wildman–Crippen LogP) is 2.37. The molecule has 0 saturated carbocycles. The summed E-state index contributed by atoms with van der Waals surface area (Å²) < 4.78 is 7.50. The van der Waals surface area contributed by atoms with E-state index in [4.69, 9.17) is 10.5 Å². The minimum Gasteiger partial charge on any atom is -0.435 e. The third-order valence-corrected chi connectivity index (χ3v) is 2.47. The number of anilines is 1. The smallest absolute Gasteiger partial charge is 0.238 e. The Balaban J connectivity index is 2.28. The van der Waals surface area contributed by atoms with Gasteiger partial charge in [-0.25, -0.2) is 4.68 Å². The van der Waals surface area contributed by atoms with Crippen LogP contribution in [0.1, 0.15) is 18.9 Å². The lowest BCUT2D eigenvalue weighted by atomic mass is 10.2. The Hall–Kier alpha value is -2.04. The van der Waals surface area contributed by atoms with Gasteiger partial charge in [-0.2, -0.15) is 0 Å². The van der Waals surface area contributed by atoms with Gasteiger partial charge in [-0.05, 0) is 25.0 Å². The van der Waals surface area contributed by atoms with Crippen molar-refractivity contribution in [1.29, 1.82) is 0 Å². The van der Waals surface area contributed by atoms with Crippen molar-refractivity contribution in [1.82, 2.24) is 15.0 Å². The zero-order valence-corrected chi connectivity index (χ0v) is 10.1. The maximum atomic E-state index is 5.89. The zero-order chi connectivity index (χ0) is 12.3. The summed E-state index contributed by atoms with van der Waals surface area (Å²) in [7, 11) is 0. The molecule has 0 spiro atoms. The minimum absolute atomic E-state index is 0.618. The highest BCUT2D eigenvalue weighted by Gasteiger charge is 2.09. The number of benzene rings is 1. The van der Waals surface area contributed by atoms with Crippen molar-refractivity contribution in [3.05, 3.63) is 30.0 Å². The van der Waals surface area contributed by atoms with Crippen LogP contribution in [0.5, 0.6) is 11.6 Å². The van der Waals surface area contributed by atoms with E-state index in [0.29, 0.717) is 17.3 Å². The standard InChI is InChI=1S/C12H16N4O/c1-3-7-16-11(8-14-15-16)17-12-9(2)5-4-6-10(12)13/h4-6,8H,3,7,13H2,1-2H3. The van der Waals surface area contributed by atoms with Crippen LogP contribution in [0.15, 0.2) is 24.4 Å². The van der Waals surface area contributed by atoms with Crippen LogP contribution in [0.2, 0.25) is 0 Å². The van der Waals surface area contributed by atoms with Crippen molar-refractivity contribution < 1.29 is 4.74 Å². The second kappa shape index (κ2) is 4.86. The molecule has 2 aromatic rings. The fourth-order valence-corrected chi connectivity index (χ4v) is 1.61. The number of ether oxygens (including phenoxy) is 1. The van der Waals surface area contributed by atoms with Crippen LogP contribution in [-0.4, -0.2) is 15.0 Å². The Morgan fingerprint density at radius 2 is 2.24 bits per heavy atom. The number of nitrogens with zero attached hydrogens (tertiary/aromatic N) is 3. The van der Waals surface area contributed by atoms with Crippen molar-refractivity contribution in [2.75, 3.05) is 5.73 Å². The van der Waals surface area contributed by atoms with E-state index in [9.17, 15) is 0 Å². The lowest BCUT2D eigenvalue weighted by Gasteiger charge is -2.11. The summed E-state index contributed by atoms with van der Waals surface area (Å²) in [4.78, 5) is 0. The lowest BCUT2D eigenvalue weighted by molar-refractivity contribution is 0.406.